The van der Waals surface area contributed by atoms with Gasteiger partial charge in [0.15, 0.2) is 0 Å². The SMILES string of the molecule is Cc1cccc(C(=O)NCC(=O)NOCC(C)C)c1. The molecule has 0 spiro atoms. The lowest BCUT2D eigenvalue weighted by molar-refractivity contribution is -0.133. The van der Waals surface area contributed by atoms with Crippen LogP contribution in [0.3, 0.4) is 0 Å². The fourth-order valence-corrected chi connectivity index (χ4v) is 1.37. The van der Waals surface area contributed by atoms with Crippen molar-refractivity contribution in [2.45, 2.75) is 20.8 Å². The van der Waals surface area contributed by atoms with E-state index in [0.29, 0.717) is 18.1 Å². The standard InChI is InChI=1S/C14H20N2O3/c1-10(2)9-19-16-13(17)8-15-14(18)12-6-4-5-11(3)7-12/h4-7,10H,8-9H2,1-3H3,(H,15,18)(H,16,17). The first-order chi connectivity index (χ1) is 8.99. The van der Waals surface area contributed by atoms with Crippen molar-refractivity contribution in [3.8, 4) is 0 Å². The van der Waals surface area contributed by atoms with E-state index >= 15 is 0 Å². The van der Waals surface area contributed by atoms with Crippen LogP contribution in [0.2, 0.25) is 0 Å². The Morgan fingerprint density at radius 2 is 2.05 bits per heavy atom. The summed E-state index contributed by atoms with van der Waals surface area (Å²) >= 11 is 0. The number of hydrogen-bond donors (Lipinski definition) is 2. The van der Waals surface area contributed by atoms with Gasteiger partial charge >= 0.3 is 0 Å². The molecule has 0 aromatic heterocycles. The molecule has 5 heteroatoms. The highest BCUT2D eigenvalue weighted by atomic mass is 16.6. The first-order valence-corrected chi connectivity index (χ1v) is 6.24. The van der Waals surface area contributed by atoms with E-state index < -0.39 is 0 Å². The molecule has 1 rings (SSSR count). The van der Waals surface area contributed by atoms with E-state index in [9.17, 15) is 9.59 Å². The highest BCUT2D eigenvalue weighted by molar-refractivity contribution is 5.96. The summed E-state index contributed by atoms with van der Waals surface area (Å²) in [6.07, 6.45) is 0. The van der Waals surface area contributed by atoms with Crippen molar-refractivity contribution >= 4 is 11.8 Å². The van der Waals surface area contributed by atoms with E-state index in [-0.39, 0.29) is 18.4 Å². The predicted molar refractivity (Wildman–Crippen MR) is 72.4 cm³/mol. The van der Waals surface area contributed by atoms with Gasteiger partial charge in [-0.05, 0) is 25.0 Å². The molecule has 0 saturated carbocycles. The molecule has 0 atom stereocenters. The minimum Gasteiger partial charge on any atom is -0.343 e. The second kappa shape index (κ2) is 7.53. The quantitative estimate of drug-likeness (QED) is 0.764. The largest absolute Gasteiger partial charge is 0.343 e. The molecule has 0 aliphatic heterocycles. The lowest BCUT2D eigenvalue weighted by atomic mass is 10.1. The number of carbonyl (C=O) groups excluding carboxylic acids is 2. The van der Waals surface area contributed by atoms with Crippen molar-refractivity contribution < 1.29 is 14.4 Å². The molecule has 104 valence electrons. The Bertz CT molecular complexity index is 444. The molecule has 2 N–H and O–H groups in total. The van der Waals surface area contributed by atoms with Gasteiger partial charge in [-0.2, -0.15) is 0 Å². The Morgan fingerprint density at radius 1 is 1.32 bits per heavy atom. The molecule has 0 bridgehead atoms. The van der Waals surface area contributed by atoms with Gasteiger partial charge < -0.3 is 5.32 Å². The van der Waals surface area contributed by atoms with Crippen molar-refractivity contribution in [3.05, 3.63) is 35.4 Å². The van der Waals surface area contributed by atoms with E-state index in [2.05, 4.69) is 10.8 Å². The molecular weight excluding hydrogens is 244 g/mol. The van der Waals surface area contributed by atoms with E-state index in [1.165, 1.54) is 0 Å². The number of aryl methyl sites for hydroxylation is 1. The highest BCUT2D eigenvalue weighted by Gasteiger charge is 2.08. The average molecular weight is 264 g/mol. The summed E-state index contributed by atoms with van der Waals surface area (Å²) in [5.74, 6) is -0.313. The van der Waals surface area contributed by atoms with Crippen molar-refractivity contribution in [1.29, 1.82) is 0 Å². The van der Waals surface area contributed by atoms with Gasteiger partial charge in [0.25, 0.3) is 11.8 Å². The summed E-state index contributed by atoms with van der Waals surface area (Å²) in [4.78, 5) is 28.1. The first-order valence-electron chi connectivity index (χ1n) is 6.24. The fourth-order valence-electron chi connectivity index (χ4n) is 1.37. The lowest BCUT2D eigenvalue weighted by Crippen LogP contribution is -2.37. The van der Waals surface area contributed by atoms with Crippen LogP contribution >= 0.6 is 0 Å². The molecule has 1 aromatic carbocycles. The van der Waals surface area contributed by atoms with Crippen molar-refractivity contribution in [2.24, 2.45) is 5.92 Å². The van der Waals surface area contributed by atoms with Crippen LogP contribution in [0.15, 0.2) is 24.3 Å². The Kier molecular flexibility index (Phi) is 6.02. The van der Waals surface area contributed by atoms with Gasteiger partial charge in [-0.3, -0.25) is 14.4 Å². The number of hydroxylamine groups is 1. The third-order valence-corrected chi connectivity index (χ3v) is 2.29. The van der Waals surface area contributed by atoms with Gasteiger partial charge in [0.2, 0.25) is 0 Å². The molecule has 5 nitrogen and oxygen atoms in total. The Hall–Kier alpha value is -1.88. The maximum Gasteiger partial charge on any atom is 0.262 e. The smallest absolute Gasteiger partial charge is 0.262 e. The molecular formula is C14H20N2O3. The van der Waals surface area contributed by atoms with Crippen LogP contribution in [0.5, 0.6) is 0 Å². The lowest BCUT2D eigenvalue weighted by Gasteiger charge is -2.09. The van der Waals surface area contributed by atoms with Crippen LogP contribution in [0.4, 0.5) is 0 Å². The number of amides is 2. The summed E-state index contributed by atoms with van der Waals surface area (Å²) in [6.45, 7) is 6.20. The average Bonchev–Trinajstić information content (AvgIpc) is 2.35. The molecule has 19 heavy (non-hydrogen) atoms. The molecule has 0 heterocycles. The van der Waals surface area contributed by atoms with Gasteiger partial charge in [-0.25, -0.2) is 5.48 Å². The van der Waals surface area contributed by atoms with E-state index in [1.54, 1.807) is 18.2 Å². The second-order valence-corrected chi connectivity index (χ2v) is 4.78. The highest BCUT2D eigenvalue weighted by Crippen LogP contribution is 2.03. The predicted octanol–water partition coefficient (Wildman–Crippen LogP) is 1.43. The molecule has 0 fully saturated rings. The summed E-state index contributed by atoms with van der Waals surface area (Å²) in [5, 5.41) is 2.53. The van der Waals surface area contributed by atoms with Crippen molar-refractivity contribution in [1.82, 2.24) is 10.8 Å². The Labute approximate surface area is 113 Å². The molecule has 0 unspecified atom stereocenters. The third-order valence-electron chi connectivity index (χ3n) is 2.29. The monoisotopic (exact) mass is 264 g/mol. The number of rotatable bonds is 6. The molecule has 1 aromatic rings. The topological polar surface area (TPSA) is 67.4 Å². The number of hydrogen-bond acceptors (Lipinski definition) is 3. The van der Waals surface area contributed by atoms with E-state index in [0.717, 1.165) is 5.56 Å². The summed E-state index contributed by atoms with van der Waals surface area (Å²) in [5.41, 5.74) is 3.81. The van der Waals surface area contributed by atoms with Gasteiger partial charge in [0.05, 0.1) is 13.2 Å². The van der Waals surface area contributed by atoms with Crippen LogP contribution in [0, 0.1) is 12.8 Å². The Balaban J connectivity index is 2.32. The zero-order valence-corrected chi connectivity index (χ0v) is 11.5. The Morgan fingerprint density at radius 3 is 2.68 bits per heavy atom. The van der Waals surface area contributed by atoms with Crippen LogP contribution in [0.25, 0.3) is 0 Å². The number of nitrogens with one attached hydrogen (secondary N) is 2. The maximum absolute atomic E-state index is 11.8. The molecule has 0 radical (unpaired) electrons. The molecule has 0 aliphatic rings. The zero-order chi connectivity index (χ0) is 14.3. The molecule has 0 saturated heterocycles. The number of benzene rings is 1. The second-order valence-electron chi connectivity index (χ2n) is 4.78. The summed E-state index contributed by atoms with van der Waals surface area (Å²) < 4.78 is 0. The first kappa shape index (κ1) is 15.2. The zero-order valence-electron chi connectivity index (χ0n) is 11.5. The van der Waals surface area contributed by atoms with Crippen molar-refractivity contribution in [3.63, 3.8) is 0 Å². The van der Waals surface area contributed by atoms with Gasteiger partial charge in [-0.15, -0.1) is 0 Å². The van der Waals surface area contributed by atoms with Gasteiger partial charge in [0.1, 0.15) is 0 Å². The normalized spacial score (nSPS) is 10.3. The van der Waals surface area contributed by atoms with Crippen molar-refractivity contribution in [2.75, 3.05) is 13.2 Å². The minimum atomic E-state index is -0.373. The van der Waals surface area contributed by atoms with E-state index in [4.69, 9.17) is 4.84 Å². The van der Waals surface area contributed by atoms with Gasteiger partial charge in [0, 0.05) is 5.56 Å². The van der Waals surface area contributed by atoms with E-state index in [1.807, 2.05) is 26.8 Å². The van der Waals surface area contributed by atoms with Crippen LogP contribution in [0.1, 0.15) is 29.8 Å². The van der Waals surface area contributed by atoms with Gasteiger partial charge in [-0.1, -0.05) is 31.5 Å². The summed E-state index contributed by atoms with van der Waals surface area (Å²) in [6, 6.07) is 7.18. The molecule has 0 aliphatic carbocycles. The molecule has 2 amide bonds. The summed E-state index contributed by atoms with van der Waals surface area (Å²) in [7, 11) is 0. The minimum absolute atomic E-state index is 0.106. The maximum atomic E-state index is 11.8. The van der Waals surface area contributed by atoms with Crippen LogP contribution in [-0.2, 0) is 9.63 Å². The van der Waals surface area contributed by atoms with Crippen LogP contribution in [-0.4, -0.2) is 25.0 Å². The van der Waals surface area contributed by atoms with Crippen LogP contribution < -0.4 is 10.8 Å². The number of carbonyl (C=O) groups is 2. The fraction of sp³-hybridized carbons (Fsp3) is 0.429. The third kappa shape index (κ3) is 6.01.